The molecule has 3 heterocycles. The molecular formula is C22H23N5O2. The number of anilines is 1. The Hall–Kier alpha value is -3.35. The minimum atomic E-state index is -0.129. The van der Waals surface area contributed by atoms with Gasteiger partial charge in [0.15, 0.2) is 17.9 Å². The van der Waals surface area contributed by atoms with E-state index < -0.39 is 0 Å². The summed E-state index contributed by atoms with van der Waals surface area (Å²) in [4.78, 5) is 21.8. The van der Waals surface area contributed by atoms with Gasteiger partial charge >= 0.3 is 0 Å². The summed E-state index contributed by atoms with van der Waals surface area (Å²) >= 11 is 0. The van der Waals surface area contributed by atoms with Crippen LogP contribution in [0.1, 0.15) is 34.8 Å². The molecule has 2 aromatic heterocycles. The second-order valence-electron chi connectivity index (χ2n) is 7.35. The van der Waals surface area contributed by atoms with Crippen molar-refractivity contribution in [1.82, 2.24) is 20.2 Å². The van der Waals surface area contributed by atoms with Gasteiger partial charge in [0.05, 0.1) is 11.4 Å². The number of nitrogens with zero attached hydrogens (tertiary/aromatic N) is 5. The Bertz CT molecular complexity index is 984. The summed E-state index contributed by atoms with van der Waals surface area (Å²) < 4.78 is 0. The Morgan fingerprint density at radius 1 is 1.07 bits per heavy atom. The molecule has 7 heteroatoms. The Labute approximate surface area is 169 Å². The topological polar surface area (TPSA) is 92.1 Å². The lowest BCUT2D eigenvalue weighted by molar-refractivity contribution is 0.111. The summed E-state index contributed by atoms with van der Waals surface area (Å²) in [6.45, 7) is 3.47. The zero-order valence-corrected chi connectivity index (χ0v) is 16.3. The van der Waals surface area contributed by atoms with Gasteiger partial charge < -0.3 is 10.0 Å². The normalized spacial score (nSPS) is 14.7. The van der Waals surface area contributed by atoms with E-state index in [4.69, 9.17) is 0 Å². The molecule has 1 saturated heterocycles. The fraction of sp³-hybridized carbons (Fsp3) is 0.318. The standard InChI is InChI=1S/C22H23N5O2/c1-15-22(29)19(14-28)24-20(23-15)13-16-9-11-27(12-10-16)21-8-7-18(25-26-21)17-5-3-2-4-6-17/h2-8,14,16,29H,9-13H2,1H3. The molecule has 0 atom stereocenters. The first-order valence-corrected chi connectivity index (χ1v) is 9.80. The highest BCUT2D eigenvalue weighted by atomic mass is 16.3. The van der Waals surface area contributed by atoms with E-state index in [-0.39, 0.29) is 11.4 Å². The van der Waals surface area contributed by atoms with E-state index in [2.05, 4.69) is 25.1 Å². The van der Waals surface area contributed by atoms with Gasteiger partial charge in [-0.05, 0) is 37.8 Å². The van der Waals surface area contributed by atoms with Gasteiger partial charge in [0, 0.05) is 25.1 Å². The molecule has 1 aromatic carbocycles. The van der Waals surface area contributed by atoms with Crippen LogP contribution in [0.25, 0.3) is 11.3 Å². The molecule has 29 heavy (non-hydrogen) atoms. The number of aromatic hydroxyl groups is 1. The maximum Gasteiger partial charge on any atom is 0.172 e. The van der Waals surface area contributed by atoms with E-state index in [0.29, 0.717) is 30.1 Å². The summed E-state index contributed by atoms with van der Waals surface area (Å²) in [6.07, 6.45) is 3.26. The molecule has 1 fully saturated rings. The Balaban J connectivity index is 1.37. The van der Waals surface area contributed by atoms with Crippen molar-refractivity contribution in [3.8, 4) is 17.0 Å². The molecule has 148 valence electrons. The quantitative estimate of drug-likeness (QED) is 0.670. The lowest BCUT2D eigenvalue weighted by atomic mass is 9.93. The van der Waals surface area contributed by atoms with E-state index in [0.717, 1.165) is 43.0 Å². The average molecular weight is 389 g/mol. The van der Waals surface area contributed by atoms with Crippen LogP contribution in [0.3, 0.4) is 0 Å². The van der Waals surface area contributed by atoms with Gasteiger partial charge in [-0.2, -0.15) is 0 Å². The van der Waals surface area contributed by atoms with Gasteiger partial charge in [0.1, 0.15) is 11.5 Å². The maximum absolute atomic E-state index is 11.1. The van der Waals surface area contributed by atoms with Gasteiger partial charge in [-0.3, -0.25) is 4.79 Å². The third kappa shape index (κ3) is 4.23. The average Bonchev–Trinajstić information content (AvgIpc) is 2.77. The molecular weight excluding hydrogens is 366 g/mol. The van der Waals surface area contributed by atoms with E-state index in [1.807, 2.05) is 42.5 Å². The number of hydrogen-bond acceptors (Lipinski definition) is 7. The number of aryl methyl sites for hydroxylation is 1. The third-order valence-electron chi connectivity index (χ3n) is 5.37. The van der Waals surface area contributed by atoms with Crippen LogP contribution in [0.2, 0.25) is 0 Å². The molecule has 0 saturated carbocycles. The summed E-state index contributed by atoms with van der Waals surface area (Å²) in [7, 11) is 0. The van der Waals surface area contributed by atoms with Crippen molar-refractivity contribution in [2.45, 2.75) is 26.2 Å². The zero-order valence-electron chi connectivity index (χ0n) is 16.3. The molecule has 0 aliphatic carbocycles. The van der Waals surface area contributed by atoms with Gasteiger partial charge in [0.25, 0.3) is 0 Å². The van der Waals surface area contributed by atoms with Gasteiger partial charge in [-0.1, -0.05) is 30.3 Å². The molecule has 0 radical (unpaired) electrons. The van der Waals surface area contributed by atoms with E-state index in [1.54, 1.807) is 6.92 Å². The van der Waals surface area contributed by atoms with Crippen molar-refractivity contribution in [2.75, 3.05) is 18.0 Å². The van der Waals surface area contributed by atoms with Crippen molar-refractivity contribution in [3.05, 3.63) is 59.7 Å². The van der Waals surface area contributed by atoms with Gasteiger partial charge in [0.2, 0.25) is 0 Å². The zero-order chi connectivity index (χ0) is 20.2. The molecule has 1 aliphatic heterocycles. The predicted octanol–water partition coefficient (Wildman–Crippen LogP) is 3.22. The lowest BCUT2D eigenvalue weighted by Gasteiger charge is -2.32. The van der Waals surface area contributed by atoms with E-state index >= 15 is 0 Å². The Morgan fingerprint density at radius 2 is 1.83 bits per heavy atom. The van der Waals surface area contributed by atoms with Crippen LogP contribution in [0.15, 0.2) is 42.5 Å². The fourth-order valence-electron chi connectivity index (χ4n) is 3.70. The number of carbonyl (C=O) groups is 1. The molecule has 4 rings (SSSR count). The van der Waals surface area contributed by atoms with Crippen molar-refractivity contribution in [1.29, 1.82) is 0 Å². The SMILES string of the molecule is Cc1nc(CC2CCN(c3ccc(-c4ccccc4)nn3)CC2)nc(C=O)c1O. The smallest absolute Gasteiger partial charge is 0.172 e. The Kier molecular flexibility index (Phi) is 5.46. The number of rotatable bonds is 5. The number of aldehydes is 1. The minimum absolute atomic E-state index is 0.0683. The summed E-state index contributed by atoms with van der Waals surface area (Å²) in [6, 6.07) is 14.1. The van der Waals surface area contributed by atoms with Crippen LogP contribution in [0, 0.1) is 12.8 Å². The van der Waals surface area contributed by atoms with Crippen LogP contribution in [0.5, 0.6) is 5.75 Å². The monoisotopic (exact) mass is 389 g/mol. The summed E-state index contributed by atoms with van der Waals surface area (Å²) in [5.74, 6) is 1.82. The number of benzene rings is 1. The molecule has 0 amide bonds. The number of hydrogen-bond donors (Lipinski definition) is 1. The first-order chi connectivity index (χ1) is 14.1. The highest BCUT2D eigenvalue weighted by Gasteiger charge is 2.22. The van der Waals surface area contributed by atoms with Crippen molar-refractivity contribution in [2.24, 2.45) is 5.92 Å². The number of aromatic nitrogens is 4. The molecule has 0 unspecified atom stereocenters. The largest absolute Gasteiger partial charge is 0.504 e. The summed E-state index contributed by atoms with van der Waals surface area (Å²) in [5, 5.41) is 18.6. The molecule has 1 aliphatic rings. The minimum Gasteiger partial charge on any atom is -0.504 e. The molecule has 0 spiro atoms. The van der Waals surface area contributed by atoms with E-state index in [1.165, 1.54) is 0 Å². The van der Waals surface area contributed by atoms with Crippen LogP contribution in [-0.2, 0) is 6.42 Å². The second kappa shape index (κ2) is 8.34. The second-order valence-corrected chi connectivity index (χ2v) is 7.35. The van der Waals surface area contributed by atoms with Crippen LogP contribution in [0.4, 0.5) is 5.82 Å². The van der Waals surface area contributed by atoms with Gasteiger partial charge in [-0.15, -0.1) is 10.2 Å². The maximum atomic E-state index is 11.1. The third-order valence-corrected chi connectivity index (χ3v) is 5.37. The van der Waals surface area contributed by atoms with Crippen molar-refractivity contribution < 1.29 is 9.90 Å². The number of piperidine rings is 1. The predicted molar refractivity (Wildman–Crippen MR) is 110 cm³/mol. The fourth-order valence-corrected chi connectivity index (χ4v) is 3.70. The molecule has 0 bridgehead atoms. The van der Waals surface area contributed by atoms with Crippen LogP contribution < -0.4 is 4.90 Å². The first-order valence-electron chi connectivity index (χ1n) is 9.80. The van der Waals surface area contributed by atoms with Crippen molar-refractivity contribution in [3.63, 3.8) is 0 Å². The van der Waals surface area contributed by atoms with Crippen LogP contribution >= 0.6 is 0 Å². The summed E-state index contributed by atoms with van der Waals surface area (Å²) in [5.41, 5.74) is 2.45. The highest BCUT2D eigenvalue weighted by Crippen LogP contribution is 2.26. The Morgan fingerprint density at radius 3 is 2.48 bits per heavy atom. The van der Waals surface area contributed by atoms with Crippen LogP contribution in [-0.4, -0.2) is 44.6 Å². The molecule has 3 aromatic rings. The molecule has 7 nitrogen and oxygen atoms in total. The highest BCUT2D eigenvalue weighted by molar-refractivity contribution is 5.76. The first kappa shape index (κ1) is 19.0. The van der Waals surface area contributed by atoms with Crippen molar-refractivity contribution >= 4 is 12.1 Å². The number of carbonyl (C=O) groups excluding carboxylic acids is 1. The lowest BCUT2D eigenvalue weighted by Crippen LogP contribution is -2.35. The van der Waals surface area contributed by atoms with Gasteiger partial charge in [-0.25, -0.2) is 9.97 Å². The van der Waals surface area contributed by atoms with E-state index in [9.17, 15) is 9.90 Å². The molecule has 1 N–H and O–H groups in total.